The average molecular weight is 374 g/mol. The van der Waals surface area contributed by atoms with Crippen molar-refractivity contribution in [3.8, 4) is 11.1 Å². The SMILES string of the molecule is O=CC(=O)c1ccccc1Sc1ccccc1C(=O)C=O.c1cc2ccc1-2. The lowest BCUT2D eigenvalue weighted by Gasteiger charge is -2.10. The molecule has 0 fully saturated rings. The van der Waals surface area contributed by atoms with E-state index in [9.17, 15) is 19.2 Å². The van der Waals surface area contributed by atoms with Crippen molar-refractivity contribution in [1.29, 1.82) is 0 Å². The first-order valence-electron chi connectivity index (χ1n) is 8.09. The molecule has 0 saturated carbocycles. The number of ketones is 2. The summed E-state index contributed by atoms with van der Waals surface area (Å²) in [5.41, 5.74) is 3.39. The van der Waals surface area contributed by atoms with E-state index in [1.54, 1.807) is 48.5 Å². The van der Waals surface area contributed by atoms with Gasteiger partial charge in [0.1, 0.15) is 0 Å². The molecule has 0 radical (unpaired) electrons. The number of benzene rings is 3. The molecule has 4 nitrogen and oxygen atoms in total. The van der Waals surface area contributed by atoms with E-state index in [4.69, 9.17) is 0 Å². The predicted octanol–water partition coefficient (Wildman–Crippen LogP) is 4.27. The highest BCUT2D eigenvalue weighted by atomic mass is 32.2. The number of aldehydes is 2. The molecule has 2 aliphatic carbocycles. The Hall–Kier alpha value is -3.31. The second-order valence-electron chi connectivity index (χ2n) is 5.64. The van der Waals surface area contributed by atoms with E-state index in [1.165, 1.54) is 22.9 Å². The first-order valence-corrected chi connectivity index (χ1v) is 8.91. The third kappa shape index (κ3) is 4.10. The molecular formula is C22H14O4S. The summed E-state index contributed by atoms with van der Waals surface area (Å²) in [6.07, 6.45) is 0.504. The monoisotopic (exact) mass is 374 g/mol. The molecule has 0 bridgehead atoms. The molecule has 0 saturated heterocycles. The highest BCUT2D eigenvalue weighted by Crippen LogP contribution is 2.33. The standard InChI is InChI=1S/C16H10O4S.C6H4/c17-9-13(19)11-5-1-3-7-15(11)21-16-8-4-2-6-12(16)14(20)10-18;1-2-6-4-3-5(1)6/h1-10H;1-4H. The maximum Gasteiger partial charge on any atom is 0.226 e. The van der Waals surface area contributed by atoms with Gasteiger partial charge in [-0.1, -0.05) is 60.3 Å². The smallest absolute Gasteiger partial charge is 0.226 e. The maximum absolute atomic E-state index is 11.6. The van der Waals surface area contributed by atoms with Crippen molar-refractivity contribution < 1.29 is 19.2 Å². The second-order valence-corrected chi connectivity index (χ2v) is 6.72. The zero-order valence-electron chi connectivity index (χ0n) is 14.1. The summed E-state index contributed by atoms with van der Waals surface area (Å²) in [6.45, 7) is 0. The minimum Gasteiger partial charge on any atom is -0.294 e. The number of Topliss-reactive ketones (excluding diaryl/α,β-unsaturated/α-hetero) is 2. The Morgan fingerprint density at radius 2 is 0.963 bits per heavy atom. The summed E-state index contributed by atoms with van der Waals surface area (Å²) in [6, 6.07) is 21.7. The fourth-order valence-electron chi connectivity index (χ4n) is 2.43. The Bertz CT molecular complexity index is 940. The van der Waals surface area contributed by atoms with Gasteiger partial charge in [-0.05, 0) is 35.4 Å². The van der Waals surface area contributed by atoms with Gasteiger partial charge in [0, 0.05) is 20.9 Å². The number of hydrogen-bond acceptors (Lipinski definition) is 5. The van der Waals surface area contributed by atoms with Crippen LogP contribution in [0.4, 0.5) is 0 Å². The summed E-state index contributed by atoms with van der Waals surface area (Å²) < 4.78 is 0. The van der Waals surface area contributed by atoms with Crippen LogP contribution in [0.2, 0.25) is 0 Å². The fourth-order valence-corrected chi connectivity index (χ4v) is 3.51. The van der Waals surface area contributed by atoms with Gasteiger partial charge in [0.05, 0.1) is 0 Å². The van der Waals surface area contributed by atoms with Crippen LogP contribution < -0.4 is 0 Å². The first-order chi connectivity index (χ1) is 13.1. The van der Waals surface area contributed by atoms with E-state index < -0.39 is 11.6 Å². The Morgan fingerprint density at radius 1 is 0.593 bits per heavy atom. The van der Waals surface area contributed by atoms with E-state index >= 15 is 0 Å². The highest BCUT2D eigenvalue weighted by molar-refractivity contribution is 7.99. The second kappa shape index (κ2) is 8.38. The van der Waals surface area contributed by atoms with E-state index in [0.29, 0.717) is 9.79 Å². The molecule has 27 heavy (non-hydrogen) atoms. The minimum absolute atomic E-state index is 0.252. The molecule has 0 atom stereocenters. The summed E-state index contributed by atoms with van der Waals surface area (Å²) in [5.74, 6) is -1.26. The largest absolute Gasteiger partial charge is 0.294 e. The van der Waals surface area contributed by atoms with Crippen molar-refractivity contribution in [3.05, 3.63) is 83.9 Å². The van der Waals surface area contributed by atoms with Gasteiger partial charge in [0.2, 0.25) is 11.6 Å². The van der Waals surface area contributed by atoms with Crippen LogP contribution in [-0.4, -0.2) is 24.1 Å². The van der Waals surface area contributed by atoms with Gasteiger partial charge in [-0.3, -0.25) is 19.2 Å². The fraction of sp³-hybridized carbons (Fsp3) is 0. The molecular weight excluding hydrogens is 360 g/mol. The zero-order chi connectivity index (χ0) is 19.2. The van der Waals surface area contributed by atoms with Gasteiger partial charge in [-0.2, -0.15) is 0 Å². The summed E-state index contributed by atoms with van der Waals surface area (Å²) in [7, 11) is 0. The molecule has 0 amide bonds. The van der Waals surface area contributed by atoms with Crippen molar-refractivity contribution >= 4 is 35.9 Å². The average Bonchev–Trinajstić information content (AvgIpc) is 2.70. The van der Waals surface area contributed by atoms with Crippen LogP contribution >= 0.6 is 11.8 Å². The lowest BCUT2D eigenvalue weighted by atomic mass is 9.95. The molecule has 2 aromatic rings. The van der Waals surface area contributed by atoms with Crippen molar-refractivity contribution in [2.45, 2.75) is 9.79 Å². The van der Waals surface area contributed by atoms with E-state index in [1.807, 2.05) is 0 Å². The van der Waals surface area contributed by atoms with E-state index in [0.717, 1.165) is 0 Å². The summed E-state index contributed by atoms with van der Waals surface area (Å²) in [5, 5.41) is 0. The summed E-state index contributed by atoms with van der Waals surface area (Å²) >= 11 is 1.17. The van der Waals surface area contributed by atoms with Gasteiger partial charge in [-0.25, -0.2) is 0 Å². The van der Waals surface area contributed by atoms with Crippen LogP contribution in [-0.2, 0) is 9.59 Å². The number of rotatable bonds is 6. The van der Waals surface area contributed by atoms with Crippen molar-refractivity contribution in [3.63, 3.8) is 0 Å². The summed E-state index contributed by atoms with van der Waals surface area (Å²) in [4.78, 5) is 45.6. The molecule has 0 aliphatic heterocycles. The van der Waals surface area contributed by atoms with Crippen LogP contribution in [0.3, 0.4) is 0 Å². The van der Waals surface area contributed by atoms with Gasteiger partial charge < -0.3 is 0 Å². The van der Waals surface area contributed by atoms with Crippen LogP contribution in [0.1, 0.15) is 20.7 Å². The molecule has 0 aromatic heterocycles. The highest BCUT2D eigenvalue weighted by Gasteiger charge is 2.15. The third-order valence-corrected chi connectivity index (χ3v) is 5.11. The third-order valence-electron chi connectivity index (χ3n) is 3.96. The van der Waals surface area contributed by atoms with Crippen LogP contribution in [0.5, 0.6) is 0 Å². The Morgan fingerprint density at radius 3 is 1.26 bits per heavy atom. The molecule has 5 heteroatoms. The zero-order valence-corrected chi connectivity index (χ0v) is 14.9. The Kier molecular flexibility index (Phi) is 5.74. The number of fused-ring (bicyclic) bond motifs is 1. The van der Waals surface area contributed by atoms with Gasteiger partial charge in [0.15, 0.2) is 12.6 Å². The Balaban J connectivity index is 0.000000290. The van der Waals surface area contributed by atoms with Gasteiger partial charge in [0.25, 0.3) is 0 Å². The van der Waals surface area contributed by atoms with Crippen molar-refractivity contribution in [2.75, 3.05) is 0 Å². The number of carbonyl (C=O) groups is 4. The molecule has 2 aliphatic rings. The van der Waals surface area contributed by atoms with Crippen molar-refractivity contribution in [2.24, 2.45) is 0 Å². The van der Waals surface area contributed by atoms with Crippen LogP contribution in [0.15, 0.2) is 82.6 Å². The lowest BCUT2D eigenvalue weighted by Crippen LogP contribution is -2.03. The van der Waals surface area contributed by atoms with Crippen LogP contribution in [0.25, 0.3) is 11.1 Å². The predicted molar refractivity (Wildman–Crippen MR) is 103 cm³/mol. The lowest BCUT2D eigenvalue weighted by molar-refractivity contribution is -0.105. The molecule has 0 spiro atoms. The van der Waals surface area contributed by atoms with E-state index in [2.05, 4.69) is 24.3 Å². The minimum atomic E-state index is -0.628. The number of carbonyl (C=O) groups excluding carboxylic acids is 4. The molecule has 0 unspecified atom stereocenters. The Labute approximate surface area is 160 Å². The molecule has 0 heterocycles. The molecule has 4 rings (SSSR count). The van der Waals surface area contributed by atoms with Gasteiger partial charge in [-0.15, -0.1) is 0 Å². The quantitative estimate of drug-likeness (QED) is 0.286. The van der Waals surface area contributed by atoms with Crippen LogP contribution in [0, 0.1) is 0 Å². The maximum atomic E-state index is 11.6. The van der Waals surface area contributed by atoms with E-state index in [-0.39, 0.29) is 23.7 Å². The molecule has 132 valence electrons. The molecule has 2 aromatic carbocycles. The normalized spacial score (nSPS) is 10.2. The molecule has 0 N–H and O–H groups in total. The van der Waals surface area contributed by atoms with Crippen molar-refractivity contribution in [1.82, 2.24) is 0 Å². The van der Waals surface area contributed by atoms with Gasteiger partial charge >= 0.3 is 0 Å². The topological polar surface area (TPSA) is 68.3 Å². The number of hydrogen-bond donors (Lipinski definition) is 0. The first kappa shape index (κ1) is 18.5.